The molecule has 1 N–H and O–H groups in total. The van der Waals surface area contributed by atoms with Crippen LogP contribution in [-0.4, -0.2) is 30.3 Å². The third-order valence-corrected chi connectivity index (χ3v) is 7.54. The van der Waals surface area contributed by atoms with E-state index in [-0.39, 0.29) is 46.1 Å². The summed E-state index contributed by atoms with van der Waals surface area (Å²) in [5, 5.41) is 3.20. The van der Waals surface area contributed by atoms with Crippen molar-refractivity contribution in [1.82, 2.24) is 0 Å². The van der Waals surface area contributed by atoms with E-state index in [1.807, 2.05) is 0 Å². The Labute approximate surface area is 200 Å². The molecular formula is C24H20Cl2N2O5. The Morgan fingerprint density at radius 3 is 2.33 bits per heavy atom. The second-order valence-corrected chi connectivity index (χ2v) is 9.51. The number of carbonyl (C=O) groups excluding carboxylic acids is 4. The number of nitrogens with zero attached hydrogens (tertiary/aromatic N) is 1. The van der Waals surface area contributed by atoms with Crippen LogP contribution in [0, 0.1) is 23.7 Å². The smallest absolute Gasteiger partial charge is 0.338 e. The van der Waals surface area contributed by atoms with Crippen LogP contribution in [-0.2, 0) is 19.1 Å². The Bertz CT molecular complexity index is 1160. The zero-order chi connectivity index (χ0) is 23.3. The molecule has 33 heavy (non-hydrogen) atoms. The summed E-state index contributed by atoms with van der Waals surface area (Å²) < 4.78 is 5.11. The highest BCUT2D eigenvalue weighted by atomic mass is 35.5. The highest BCUT2D eigenvalue weighted by molar-refractivity contribution is 6.42. The maximum atomic E-state index is 13.0. The van der Waals surface area contributed by atoms with Gasteiger partial charge in [0.25, 0.3) is 5.91 Å². The van der Waals surface area contributed by atoms with E-state index in [0.717, 1.165) is 19.3 Å². The van der Waals surface area contributed by atoms with E-state index in [9.17, 15) is 19.2 Å². The lowest BCUT2D eigenvalue weighted by Gasteiger charge is -2.19. The normalized spacial score (nSPS) is 25.3. The van der Waals surface area contributed by atoms with Gasteiger partial charge in [-0.2, -0.15) is 0 Å². The van der Waals surface area contributed by atoms with Gasteiger partial charge in [0.2, 0.25) is 11.8 Å². The first kappa shape index (κ1) is 21.9. The van der Waals surface area contributed by atoms with E-state index in [4.69, 9.17) is 27.9 Å². The molecule has 170 valence electrons. The van der Waals surface area contributed by atoms with Crippen LogP contribution in [0.15, 0.2) is 42.5 Å². The fourth-order valence-corrected chi connectivity index (χ4v) is 5.72. The lowest BCUT2D eigenvalue weighted by molar-refractivity contribution is -0.123. The van der Waals surface area contributed by atoms with Crippen LogP contribution in [0.4, 0.5) is 11.4 Å². The molecule has 1 heterocycles. The van der Waals surface area contributed by atoms with Gasteiger partial charge in [-0.15, -0.1) is 0 Å². The van der Waals surface area contributed by atoms with Crippen molar-refractivity contribution in [2.24, 2.45) is 23.7 Å². The quantitative estimate of drug-likeness (QED) is 0.501. The van der Waals surface area contributed by atoms with Crippen LogP contribution >= 0.6 is 23.2 Å². The van der Waals surface area contributed by atoms with Gasteiger partial charge in [0.15, 0.2) is 6.61 Å². The van der Waals surface area contributed by atoms with Crippen molar-refractivity contribution in [3.8, 4) is 0 Å². The minimum Gasteiger partial charge on any atom is -0.452 e. The van der Waals surface area contributed by atoms with Gasteiger partial charge in [-0.1, -0.05) is 29.3 Å². The molecule has 4 atom stereocenters. The predicted octanol–water partition coefficient (Wildman–Crippen LogP) is 4.32. The summed E-state index contributed by atoms with van der Waals surface area (Å²) in [5.41, 5.74) is 0.919. The average molecular weight is 487 g/mol. The molecule has 9 heteroatoms. The van der Waals surface area contributed by atoms with Crippen molar-refractivity contribution in [2.45, 2.75) is 19.3 Å². The molecule has 5 rings (SSSR count). The summed E-state index contributed by atoms with van der Waals surface area (Å²) in [5.74, 6) is -1.56. The van der Waals surface area contributed by atoms with Gasteiger partial charge >= 0.3 is 5.97 Å². The zero-order valence-corrected chi connectivity index (χ0v) is 18.9. The van der Waals surface area contributed by atoms with E-state index in [2.05, 4.69) is 5.32 Å². The van der Waals surface area contributed by atoms with Crippen LogP contribution in [0.1, 0.15) is 29.6 Å². The summed E-state index contributed by atoms with van der Waals surface area (Å²) in [6.07, 6.45) is 2.95. The molecule has 1 aliphatic heterocycles. The first-order valence-corrected chi connectivity index (χ1v) is 11.5. The molecule has 3 amide bonds. The Kier molecular flexibility index (Phi) is 5.62. The predicted molar refractivity (Wildman–Crippen MR) is 122 cm³/mol. The van der Waals surface area contributed by atoms with E-state index in [1.54, 1.807) is 18.2 Å². The largest absolute Gasteiger partial charge is 0.452 e. The summed E-state index contributed by atoms with van der Waals surface area (Å²) in [6, 6.07) is 10.8. The fraction of sp³-hybridized carbons (Fsp3) is 0.333. The number of esters is 1. The number of anilines is 2. The Morgan fingerprint density at radius 1 is 0.970 bits per heavy atom. The Hall–Kier alpha value is -2.90. The minimum absolute atomic E-state index is 0.149. The number of amides is 3. The van der Waals surface area contributed by atoms with Gasteiger partial charge in [0.1, 0.15) is 0 Å². The Balaban J connectivity index is 1.24. The molecular weight excluding hydrogens is 467 g/mol. The van der Waals surface area contributed by atoms with Crippen molar-refractivity contribution >= 4 is 58.3 Å². The van der Waals surface area contributed by atoms with Gasteiger partial charge in [0, 0.05) is 5.69 Å². The number of imide groups is 1. The van der Waals surface area contributed by atoms with E-state index in [1.165, 1.54) is 29.2 Å². The summed E-state index contributed by atoms with van der Waals surface area (Å²) in [4.78, 5) is 51.9. The number of hydrogen-bond acceptors (Lipinski definition) is 5. The molecule has 0 aromatic heterocycles. The molecule has 3 aliphatic rings. The van der Waals surface area contributed by atoms with Gasteiger partial charge in [-0.25, -0.2) is 4.79 Å². The first-order valence-electron chi connectivity index (χ1n) is 10.7. The van der Waals surface area contributed by atoms with E-state index >= 15 is 0 Å². The number of rotatable bonds is 5. The van der Waals surface area contributed by atoms with Crippen LogP contribution in [0.2, 0.25) is 10.0 Å². The number of nitrogens with one attached hydrogen (secondary N) is 1. The van der Waals surface area contributed by atoms with Gasteiger partial charge in [-0.05, 0) is 67.5 Å². The van der Waals surface area contributed by atoms with Crippen LogP contribution in [0.5, 0.6) is 0 Å². The number of fused-ring (bicyclic) bond motifs is 5. The van der Waals surface area contributed by atoms with Crippen LogP contribution in [0.3, 0.4) is 0 Å². The van der Waals surface area contributed by atoms with Crippen molar-refractivity contribution in [3.05, 3.63) is 58.1 Å². The maximum Gasteiger partial charge on any atom is 0.338 e. The minimum atomic E-state index is -0.736. The van der Waals surface area contributed by atoms with Crippen LogP contribution < -0.4 is 10.2 Å². The third-order valence-electron chi connectivity index (χ3n) is 6.81. The highest BCUT2D eigenvalue weighted by Gasteiger charge is 2.61. The SMILES string of the molecule is O=C(COC(=O)c1cccc(N2C(=O)[C@H]3[C@H]4CC[C@@H](C4)[C@@H]3C2=O)c1)Nc1ccc(Cl)c(Cl)c1. The monoisotopic (exact) mass is 486 g/mol. The van der Waals surface area contributed by atoms with E-state index < -0.39 is 18.5 Å². The number of benzene rings is 2. The van der Waals surface area contributed by atoms with Gasteiger partial charge in [-0.3, -0.25) is 19.3 Å². The highest BCUT2D eigenvalue weighted by Crippen LogP contribution is 2.56. The summed E-state index contributed by atoms with van der Waals surface area (Å²) >= 11 is 11.8. The fourth-order valence-electron chi connectivity index (χ4n) is 5.42. The lowest BCUT2D eigenvalue weighted by atomic mass is 9.81. The molecule has 2 bridgehead atoms. The van der Waals surface area contributed by atoms with E-state index in [0.29, 0.717) is 16.4 Å². The topological polar surface area (TPSA) is 92.8 Å². The van der Waals surface area contributed by atoms with Crippen LogP contribution in [0.25, 0.3) is 0 Å². The van der Waals surface area contributed by atoms with Crippen molar-refractivity contribution in [3.63, 3.8) is 0 Å². The average Bonchev–Trinajstić information content (AvgIpc) is 3.48. The van der Waals surface area contributed by atoms with Crippen molar-refractivity contribution in [2.75, 3.05) is 16.8 Å². The zero-order valence-electron chi connectivity index (χ0n) is 17.4. The molecule has 0 spiro atoms. The van der Waals surface area contributed by atoms with Gasteiger partial charge < -0.3 is 10.1 Å². The summed E-state index contributed by atoms with van der Waals surface area (Å²) in [7, 11) is 0. The second-order valence-electron chi connectivity index (χ2n) is 8.70. The van der Waals surface area contributed by atoms with Crippen molar-refractivity contribution < 1.29 is 23.9 Å². The molecule has 0 radical (unpaired) electrons. The lowest BCUT2D eigenvalue weighted by Crippen LogP contribution is -2.32. The number of hydrogen-bond donors (Lipinski definition) is 1. The Morgan fingerprint density at radius 2 is 1.67 bits per heavy atom. The third kappa shape index (κ3) is 3.89. The standard InChI is InChI=1S/C24H20Cl2N2O5/c25-17-7-6-15(10-18(17)26)27-19(29)11-33-24(32)14-2-1-3-16(9-14)28-22(30)20-12-4-5-13(8-12)21(20)23(28)31/h1-3,6-7,9-10,12-13,20-21H,4-5,8,11H2,(H,27,29)/t12-,13-,20-,21-/m0/s1. The molecule has 2 aliphatic carbocycles. The molecule has 3 fully saturated rings. The molecule has 7 nitrogen and oxygen atoms in total. The number of carbonyl (C=O) groups is 4. The molecule has 2 aromatic rings. The number of halogens is 2. The summed E-state index contributed by atoms with van der Waals surface area (Å²) in [6.45, 7) is -0.515. The number of ether oxygens (including phenoxy) is 1. The molecule has 1 saturated heterocycles. The van der Waals surface area contributed by atoms with Crippen molar-refractivity contribution in [1.29, 1.82) is 0 Å². The molecule has 2 aromatic carbocycles. The second kappa shape index (κ2) is 8.47. The first-order chi connectivity index (χ1) is 15.8. The molecule has 2 saturated carbocycles. The molecule has 0 unspecified atom stereocenters. The maximum absolute atomic E-state index is 13.0. The van der Waals surface area contributed by atoms with Gasteiger partial charge in [0.05, 0.1) is 33.1 Å².